The minimum Gasteiger partial charge on any atom is -0.497 e. The van der Waals surface area contributed by atoms with Crippen molar-refractivity contribution in [2.75, 3.05) is 33.8 Å². The Kier molecular flexibility index (Phi) is 5.28. The van der Waals surface area contributed by atoms with Crippen LogP contribution < -0.4 is 4.74 Å². The monoisotopic (exact) mass is 420 g/mol. The number of nitrogens with zero attached hydrogens (tertiary/aromatic N) is 4. The van der Waals surface area contributed by atoms with Gasteiger partial charge in [-0.1, -0.05) is 24.3 Å². The quantitative estimate of drug-likeness (QED) is 0.635. The van der Waals surface area contributed by atoms with Crippen LogP contribution in [0.4, 0.5) is 4.39 Å². The fraction of sp³-hybridized carbons (Fsp3) is 0.400. The lowest BCUT2D eigenvalue weighted by Gasteiger charge is -2.49. The van der Waals surface area contributed by atoms with Gasteiger partial charge in [0.1, 0.15) is 17.4 Å². The molecule has 0 saturated carbocycles. The summed E-state index contributed by atoms with van der Waals surface area (Å²) in [7, 11) is 3.93. The Morgan fingerprint density at radius 1 is 1.03 bits per heavy atom. The molecule has 6 heteroatoms. The third-order valence-electron chi connectivity index (χ3n) is 7.01. The normalized spacial score (nSPS) is 18.8. The van der Waals surface area contributed by atoms with E-state index in [1.54, 1.807) is 19.2 Å². The van der Waals surface area contributed by atoms with Crippen LogP contribution in [0.15, 0.2) is 54.7 Å². The van der Waals surface area contributed by atoms with Crippen LogP contribution in [0.3, 0.4) is 0 Å². The number of aromatic nitrogens is 2. The Morgan fingerprint density at radius 2 is 1.84 bits per heavy atom. The second-order valence-electron chi connectivity index (χ2n) is 8.71. The fourth-order valence-corrected chi connectivity index (χ4v) is 5.20. The van der Waals surface area contributed by atoms with Crippen molar-refractivity contribution in [1.82, 2.24) is 19.4 Å². The van der Waals surface area contributed by atoms with Crippen LogP contribution >= 0.6 is 0 Å². The van der Waals surface area contributed by atoms with E-state index in [9.17, 15) is 4.39 Å². The molecule has 0 radical (unpaired) electrons. The summed E-state index contributed by atoms with van der Waals surface area (Å²) < 4.78 is 21.5. The highest BCUT2D eigenvalue weighted by atomic mass is 19.1. The topological polar surface area (TPSA) is 33.5 Å². The highest BCUT2D eigenvalue weighted by Gasteiger charge is 2.45. The molecular formula is C25H29FN4O. The number of likely N-dealkylation sites (N-methyl/N-ethyl adjacent to an activating group) is 1. The molecule has 2 aliphatic heterocycles. The smallest absolute Gasteiger partial charge is 0.129 e. The van der Waals surface area contributed by atoms with E-state index in [0.717, 1.165) is 68.4 Å². The van der Waals surface area contributed by atoms with E-state index < -0.39 is 0 Å². The predicted octanol–water partition coefficient (Wildman–Crippen LogP) is 4.13. The Balaban J connectivity index is 1.38. The number of piperidine rings is 1. The maximum absolute atomic E-state index is 13.8. The number of hydrogen-bond acceptors (Lipinski definition) is 4. The van der Waals surface area contributed by atoms with Crippen molar-refractivity contribution in [3.05, 3.63) is 71.9 Å². The van der Waals surface area contributed by atoms with Gasteiger partial charge in [-0.25, -0.2) is 9.37 Å². The molecule has 0 N–H and O–H groups in total. The number of ether oxygens (including phenoxy) is 1. The first kappa shape index (κ1) is 20.2. The largest absolute Gasteiger partial charge is 0.497 e. The molecule has 0 aliphatic carbocycles. The highest BCUT2D eigenvalue weighted by Crippen LogP contribution is 2.41. The number of fused-ring (bicyclic) bond motifs is 2. The van der Waals surface area contributed by atoms with E-state index in [0.29, 0.717) is 0 Å². The van der Waals surface area contributed by atoms with Crippen LogP contribution in [-0.4, -0.2) is 53.1 Å². The van der Waals surface area contributed by atoms with E-state index >= 15 is 0 Å². The number of rotatable bonds is 4. The number of halogens is 1. The molecule has 0 atom stereocenters. The zero-order valence-corrected chi connectivity index (χ0v) is 18.2. The van der Waals surface area contributed by atoms with Gasteiger partial charge in [0.15, 0.2) is 0 Å². The van der Waals surface area contributed by atoms with Gasteiger partial charge in [-0.3, -0.25) is 9.80 Å². The minimum atomic E-state index is -0.207. The first-order valence-corrected chi connectivity index (χ1v) is 11.0. The van der Waals surface area contributed by atoms with E-state index in [1.165, 1.54) is 11.6 Å². The Bertz CT molecular complexity index is 1070. The lowest BCUT2D eigenvalue weighted by atomic mass is 9.83. The minimum absolute atomic E-state index is 0.0608. The van der Waals surface area contributed by atoms with Crippen molar-refractivity contribution in [3.8, 4) is 17.0 Å². The van der Waals surface area contributed by atoms with Crippen molar-refractivity contribution in [1.29, 1.82) is 0 Å². The number of likely N-dealkylation sites (tertiary alicyclic amines) is 1. The van der Waals surface area contributed by atoms with Crippen LogP contribution in [0, 0.1) is 5.82 Å². The van der Waals surface area contributed by atoms with E-state index in [-0.39, 0.29) is 11.4 Å². The Labute approximate surface area is 183 Å². The lowest BCUT2D eigenvalue weighted by molar-refractivity contribution is 0.00699. The summed E-state index contributed by atoms with van der Waals surface area (Å²) in [6, 6.07) is 15.2. The maximum atomic E-state index is 13.8. The third kappa shape index (κ3) is 3.64. The molecule has 1 fully saturated rings. The zero-order valence-electron chi connectivity index (χ0n) is 18.2. The number of imidazole rings is 1. The van der Waals surface area contributed by atoms with Gasteiger partial charge in [-0.15, -0.1) is 0 Å². The molecule has 0 amide bonds. The van der Waals surface area contributed by atoms with Crippen LogP contribution in [0.5, 0.6) is 5.75 Å². The fourth-order valence-electron chi connectivity index (χ4n) is 5.20. The highest BCUT2D eigenvalue weighted by molar-refractivity contribution is 5.60. The van der Waals surface area contributed by atoms with Crippen molar-refractivity contribution < 1.29 is 9.13 Å². The molecule has 3 aromatic rings. The Morgan fingerprint density at radius 3 is 2.61 bits per heavy atom. The molecule has 2 aromatic carbocycles. The summed E-state index contributed by atoms with van der Waals surface area (Å²) in [5.74, 6) is 1.83. The number of methoxy groups -OCH3 is 1. The summed E-state index contributed by atoms with van der Waals surface area (Å²) in [5.41, 5.74) is 3.13. The van der Waals surface area contributed by atoms with Gasteiger partial charge in [0.25, 0.3) is 0 Å². The van der Waals surface area contributed by atoms with Gasteiger partial charge in [0, 0.05) is 38.3 Å². The van der Waals surface area contributed by atoms with Crippen LogP contribution in [-0.2, 0) is 18.6 Å². The molecule has 162 valence electrons. The van der Waals surface area contributed by atoms with Crippen LogP contribution in [0.1, 0.15) is 24.2 Å². The molecule has 31 heavy (non-hydrogen) atoms. The van der Waals surface area contributed by atoms with Gasteiger partial charge >= 0.3 is 0 Å². The number of benzene rings is 2. The third-order valence-corrected chi connectivity index (χ3v) is 7.01. The van der Waals surface area contributed by atoms with Gasteiger partial charge in [-0.2, -0.15) is 0 Å². The first-order valence-electron chi connectivity index (χ1n) is 11.0. The molecule has 0 unspecified atom stereocenters. The molecule has 3 heterocycles. The van der Waals surface area contributed by atoms with Crippen LogP contribution in [0.25, 0.3) is 11.3 Å². The lowest BCUT2D eigenvalue weighted by Crippen LogP contribution is -2.56. The standard InChI is InChI=1S/C25H29FN4O/c1-28-13-14-30-23(20-6-4-7-21(26)16-20)17-27-24(30)25(28)9-11-29(12-10-25)18-19-5-3-8-22(15-19)31-2/h3-8,15-17H,9-14,18H2,1-2H3. The van der Waals surface area contributed by atoms with Gasteiger partial charge in [0.2, 0.25) is 0 Å². The predicted molar refractivity (Wildman–Crippen MR) is 119 cm³/mol. The average molecular weight is 421 g/mol. The number of hydrogen-bond donors (Lipinski definition) is 0. The van der Waals surface area contributed by atoms with Crippen molar-refractivity contribution in [2.45, 2.75) is 31.5 Å². The second-order valence-corrected chi connectivity index (χ2v) is 8.71. The summed E-state index contributed by atoms with van der Waals surface area (Å²) >= 11 is 0. The molecule has 0 bridgehead atoms. The molecule has 2 aliphatic rings. The molecular weight excluding hydrogens is 391 g/mol. The molecule has 1 saturated heterocycles. The summed E-state index contributed by atoms with van der Waals surface area (Å²) in [5, 5.41) is 0. The van der Waals surface area contributed by atoms with E-state index in [2.05, 4.69) is 39.6 Å². The van der Waals surface area contributed by atoms with Crippen molar-refractivity contribution in [3.63, 3.8) is 0 Å². The Hall–Kier alpha value is -2.70. The summed E-state index contributed by atoms with van der Waals surface area (Å²) in [6.07, 6.45) is 3.99. The molecule has 5 nitrogen and oxygen atoms in total. The maximum Gasteiger partial charge on any atom is 0.129 e. The van der Waals surface area contributed by atoms with Crippen molar-refractivity contribution >= 4 is 0 Å². The van der Waals surface area contributed by atoms with E-state index in [4.69, 9.17) is 9.72 Å². The average Bonchev–Trinajstić information content (AvgIpc) is 3.23. The zero-order chi connectivity index (χ0) is 21.4. The van der Waals surface area contributed by atoms with Gasteiger partial charge in [0.05, 0.1) is 24.5 Å². The van der Waals surface area contributed by atoms with Crippen LogP contribution in [0.2, 0.25) is 0 Å². The van der Waals surface area contributed by atoms with Crippen molar-refractivity contribution in [2.24, 2.45) is 0 Å². The van der Waals surface area contributed by atoms with Gasteiger partial charge in [-0.05, 0) is 49.7 Å². The summed E-state index contributed by atoms with van der Waals surface area (Å²) in [6.45, 7) is 4.82. The second kappa shape index (κ2) is 8.09. The van der Waals surface area contributed by atoms with E-state index in [1.807, 2.05) is 18.3 Å². The summed E-state index contributed by atoms with van der Waals surface area (Å²) in [4.78, 5) is 9.88. The molecule has 5 rings (SSSR count). The SMILES string of the molecule is COc1cccc(CN2CCC3(CC2)c2ncc(-c4cccc(F)c4)n2CCN3C)c1. The van der Waals surface area contributed by atoms with Gasteiger partial charge < -0.3 is 9.30 Å². The molecule has 1 spiro atoms. The first-order chi connectivity index (χ1) is 15.1. The molecule has 1 aromatic heterocycles.